The molecule has 1 aliphatic heterocycles. The minimum Gasteiger partial charge on any atom is -0.481 e. The Morgan fingerprint density at radius 2 is 1.14 bits per heavy atom. The summed E-state index contributed by atoms with van der Waals surface area (Å²) in [5.41, 5.74) is -1.90. The summed E-state index contributed by atoms with van der Waals surface area (Å²) in [6.07, 6.45) is 6.56. The van der Waals surface area contributed by atoms with Crippen molar-refractivity contribution in [2.45, 2.75) is 117 Å². The lowest BCUT2D eigenvalue weighted by Crippen LogP contribution is -2.53. The van der Waals surface area contributed by atoms with E-state index >= 15 is 0 Å². The van der Waals surface area contributed by atoms with Gasteiger partial charge in [-0.3, -0.25) is 46.3 Å². The summed E-state index contributed by atoms with van der Waals surface area (Å²) in [5, 5.41) is 13.8. The van der Waals surface area contributed by atoms with Crippen LogP contribution in [0.2, 0.25) is 0 Å². The Hall–Kier alpha value is -6.39. The third kappa shape index (κ3) is 18.5. The van der Waals surface area contributed by atoms with Crippen LogP contribution in [0.4, 0.5) is 11.4 Å². The SMILES string of the molecule is CCC(=CC=C1C=C(C=CC2=[N+](CCCS(=O)(=O)O)c3ccc4c(S(=O)(=O)O)cc(S(=O)(=O)O)cc4c3C2(C)C)CC(C(=O)NCCCCCC(=O)O)(C(=O)NCCS(=O)(=O)O)C1)N(CCCS(=O)(=O)O)c1ccc2c(S(=O)(=O)O)cc(S(=O)(=O)O)cc2c1CC. The number of nitrogens with zero attached hydrogens (tertiary/aromatic N) is 2. The maximum atomic E-state index is 15.0. The monoisotopic (exact) mass is 1410 g/mol. The van der Waals surface area contributed by atoms with Crippen molar-refractivity contribution in [2.24, 2.45) is 5.41 Å². The third-order valence-corrected chi connectivity index (χ3v) is 21.1. The van der Waals surface area contributed by atoms with Crippen molar-refractivity contribution in [3.8, 4) is 0 Å². The van der Waals surface area contributed by atoms with E-state index in [1.54, 1.807) is 43.2 Å². The third-order valence-electron chi connectivity index (χ3n) is 15.3. The molecule has 0 bridgehead atoms. The van der Waals surface area contributed by atoms with Crippen molar-refractivity contribution < 1.29 is 115 Å². The number of unbranched alkanes of at least 4 members (excludes halogenated alkanes) is 2. The van der Waals surface area contributed by atoms with Crippen molar-refractivity contribution in [2.75, 3.05) is 48.3 Å². The molecule has 4 aromatic carbocycles. The Bertz CT molecular complexity index is 4610. The molecule has 2 aliphatic rings. The number of carboxylic acids is 1. The number of aryl methyl sites for hydroxylation is 1. The van der Waals surface area contributed by atoms with Gasteiger partial charge in [-0.1, -0.05) is 44.6 Å². The molecule has 0 fully saturated rings. The number of aliphatic carboxylic acids is 1. The molecule has 2 amide bonds. The van der Waals surface area contributed by atoms with Crippen LogP contribution in [-0.2, 0) is 97.0 Å². The average Bonchev–Trinajstić information content (AvgIpc) is 1.63. The Morgan fingerprint density at radius 1 is 0.604 bits per heavy atom. The fourth-order valence-corrected chi connectivity index (χ4v) is 15.3. The van der Waals surface area contributed by atoms with Crippen LogP contribution >= 0.6 is 0 Å². The highest BCUT2D eigenvalue weighted by molar-refractivity contribution is 7.87. The van der Waals surface area contributed by atoms with Gasteiger partial charge in [-0.25, -0.2) is 0 Å². The highest BCUT2D eigenvalue weighted by Crippen LogP contribution is 2.47. The van der Waals surface area contributed by atoms with Crippen LogP contribution in [0.15, 0.2) is 115 Å². The van der Waals surface area contributed by atoms with Crippen LogP contribution < -0.4 is 15.5 Å². The van der Waals surface area contributed by atoms with Gasteiger partial charge < -0.3 is 20.6 Å². The second-order valence-corrected chi connectivity index (χ2v) is 32.5. The number of carboxylic acid groups (broad SMARTS) is 1. The molecule has 1 atom stereocenters. The molecule has 1 unspecified atom stereocenters. The van der Waals surface area contributed by atoms with Crippen molar-refractivity contribution in [3.05, 3.63) is 107 Å². The van der Waals surface area contributed by atoms with Gasteiger partial charge in [-0.15, -0.1) is 0 Å². The van der Waals surface area contributed by atoms with Crippen LogP contribution in [0.5, 0.6) is 0 Å². The summed E-state index contributed by atoms with van der Waals surface area (Å²) in [5.74, 6) is -5.61. The van der Waals surface area contributed by atoms with Gasteiger partial charge in [0.05, 0.1) is 32.5 Å². The number of carbonyl (C=O) groups is 3. The quantitative estimate of drug-likeness (QED) is 0.0138. The summed E-state index contributed by atoms with van der Waals surface area (Å²) in [6.45, 7) is 5.22. The van der Waals surface area contributed by atoms with Crippen molar-refractivity contribution >= 4 is 127 Å². The lowest BCUT2D eigenvalue weighted by molar-refractivity contribution is -0.437. The molecule has 1 heterocycles. The van der Waals surface area contributed by atoms with E-state index in [1.807, 2.05) is 0 Å². The van der Waals surface area contributed by atoms with E-state index in [0.29, 0.717) is 24.3 Å². The van der Waals surface area contributed by atoms with Crippen molar-refractivity contribution in [1.82, 2.24) is 10.6 Å². The number of hydrogen-bond acceptors (Lipinski definition) is 18. The molecule has 0 radical (unpaired) electrons. The van der Waals surface area contributed by atoms with Crippen LogP contribution in [-0.4, -0.2) is 167 Å². The normalized spacial score (nSPS) is 17.4. The van der Waals surface area contributed by atoms with Gasteiger partial charge >= 0.3 is 5.97 Å². The Kier molecular flexibility index (Phi) is 22.7. The number of amides is 2. The molecule has 10 N–H and O–H groups in total. The smallest absolute Gasteiger partial charge is 0.303 e. The molecule has 0 saturated heterocycles. The second-order valence-electron chi connectivity index (χ2n) is 22.1. The highest BCUT2D eigenvalue weighted by Gasteiger charge is 2.49. The van der Waals surface area contributed by atoms with Crippen LogP contribution in [0.25, 0.3) is 21.5 Å². The molecule has 6 rings (SSSR count). The van der Waals surface area contributed by atoms with E-state index in [-0.39, 0.29) is 125 Å². The number of allylic oxidation sites excluding steroid dienone is 8. The van der Waals surface area contributed by atoms with Gasteiger partial charge in [0.25, 0.3) is 70.8 Å². The first-order chi connectivity index (χ1) is 41.8. The number of nitrogens with one attached hydrogen (secondary N) is 2. The minimum atomic E-state index is -5.21. The van der Waals surface area contributed by atoms with Gasteiger partial charge in [0.1, 0.15) is 21.8 Å². The Balaban J connectivity index is 1.65. The molecule has 1 aliphatic carbocycles. The first-order valence-electron chi connectivity index (χ1n) is 27.8. The summed E-state index contributed by atoms with van der Waals surface area (Å²) in [7, 11) is -34.6. The highest BCUT2D eigenvalue weighted by atomic mass is 32.2. The van der Waals surface area contributed by atoms with Gasteiger partial charge in [0, 0.05) is 72.3 Å². The average molecular weight is 1410 g/mol. The van der Waals surface area contributed by atoms with Crippen molar-refractivity contribution in [3.63, 3.8) is 0 Å². The molecular formula is C55H69N4O25S7+. The van der Waals surface area contributed by atoms with Crippen LogP contribution in [0, 0.1) is 5.41 Å². The molecule has 0 aromatic heterocycles. The standard InChI is InChI=1S/C55H68N4O25S7/c1-5-37(58(23-10-25-85(64,65)66)45-18-16-41-43(40(45)6-2)29-38(88(73,74)75)31-47(41)90(79,80)81)15-13-35-28-36(34-55(33-35,53(63)57-22-27-87(70,71)72)52(62)56-21-9-7-8-12-50(60)61)14-20-49-54(3,4)51-44-30-39(89(76,77)78)32-48(91(82,83)84)42(44)17-19-46(51)59(49)24-11-26-86(67,68)69/h13-20,28-32H,5-12,21-27,33-34H2,1-4H3,(H9-,56,57,60,61,62,63,64,65,66,67,68,69,70,71,72,73,74,75,76,77,78,79,80,81,82,83,84)/p+1. The first-order valence-corrected chi connectivity index (χ1v) is 38.4. The maximum absolute atomic E-state index is 15.0. The van der Waals surface area contributed by atoms with Gasteiger partial charge in [0.15, 0.2) is 5.71 Å². The van der Waals surface area contributed by atoms with Gasteiger partial charge in [-0.05, 0) is 129 Å². The number of rotatable bonds is 30. The van der Waals surface area contributed by atoms with Crippen LogP contribution in [0.3, 0.4) is 0 Å². The molecule has 500 valence electrons. The first kappa shape index (κ1) is 73.7. The lowest BCUT2D eigenvalue weighted by atomic mass is 9.70. The molecular weight excluding hydrogens is 1340 g/mol. The Morgan fingerprint density at radius 3 is 1.67 bits per heavy atom. The molecule has 0 spiro atoms. The molecule has 91 heavy (non-hydrogen) atoms. The van der Waals surface area contributed by atoms with E-state index in [2.05, 4.69) is 10.6 Å². The number of anilines is 1. The predicted molar refractivity (Wildman–Crippen MR) is 333 cm³/mol. The van der Waals surface area contributed by atoms with Crippen molar-refractivity contribution in [1.29, 1.82) is 0 Å². The zero-order valence-electron chi connectivity index (χ0n) is 49.3. The molecule has 29 nitrogen and oxygen atoms in total. The van der Waals surface area contributed by atoms with Gasteiger partial charge in [0.2, 0.25) is 17.5 Å². The topological polar surface area (TPSA) is 482 Å². The number of carbonyl (C=O) groups excluding carboxylic acids is 2. The summed E-state index contributed by atoms with van der Waals surface area (Å²) < 4.78 is 245. The molecule has 4 aromatic rings. The van der Waals surface area contributed by atoms with Gasteiger partial charge in [-0.2, -0.15) is 63.5 Å². The number of benzene rings is 4. The minimum absolute atomic E-state index is 0.00594. The fourth-order valence-electron chi connectivity index (χ4n) is 11.3. The predicted octanol–water partition coefficient (Wildman–Crippen LogP) is 5.23. The van der Waals surface area contributed by atoms with Crippen LogP contribution in [0.1, 0.15) is 96.6 Å². The van der Waals surface area contributed by atoms with E-state index in [9.17, 15) is 110 Å². The zero-order valence-corrected chi connectivity index (χ0v) is 55.0. The zero-order chi connectivity index (χ0) is 68.3. The largest absolute Gasteiger partial charge is 0.481 e. The van der Waals surface area contributed by atoms with E-state index in [1.165, 1.54) is 48.6 Å². The number of hydrogen-bond donors (Lipinski definition) is 10. The summed E-state index contributed by atoms with van der Waals surface area (Å²) >= 11 is 0. The van der Waals surface area contributed by atoms with E-state index in [0.717, 1.165) is 12.1 Å². The van der Waals surface area contributed by atoms with E-state index in [4.69, 9.17) is 0 Å². The molecule has 0 saturated carbocycles. The molecule has 36 heteroatoms. The fraction of sp³-hybridized carbons (Fsp3) is 0.418. The summed E-state index contributed by atoms with van der Waals surface area (Å²) in [4.78, 5) is 39.0. The second kappa shape index (κ2) is 28.1. The Labute approximate surface area is 526 Å². The maximum Gasteiger partial charge on any atom is 0.303 e. The van der Waals surface area contributed by atoms with E-state index < -0.39 is 156 Å². The number of fused-ring (bicyclic) bond motifs is 4. The summed E-state index contributed by atoms with van der Waals surface area (Å²) in [6, 6.07) is 8.34. The lowest BCUT2D eigenvalue weighted by Gasteiger charge is -2.35.